The number of hydrogen-bond acceptors (Lipinski definition) is 5. The van der Waals surface area contributed by atoms with Crippen molar-refractivity contribution in [3.8, 4) is 11.5 Å². The summed E-state index contributed by atoms with van der Waals surface area (Å²) in [7, 11) is 1.54. The van der Waals surface area contributed by atoms with Crippen molar-refractivity contribution in [2.75, 3.05) is 23.9 Å². The normalized spacial score (nSPS) is 16.9. The average Bonchev–Trinajstić information content (AvgIpc) is 2.90. The average molecular weight is 340 g/mol. The van der Waals surface area contributed by atoms with E-state index < -0.39 is 6.04 Å². The van der Waals surface area contributed by atoms with Gasteiger partial charge in [0.05, 0.1) is 25.8 Å². The fourth-order valence-electron chi connectivity index (χ4n) is 2.78. The maximum absolute atomic E-state index is 12.7. The summed E-state index contributed by atoms with van der Waals surface area (Å²) in [6.45, 7) is 2.51. The monoisotopic (exact) mass is 340 g/mol. The van der Waals surface area contributed by atoms with Gasteiger partial charge in [-0.05, 0) is 43.3 Å². The van der Waals surface area contributed by atoms with Crippen molar-refractivity contribution in [3.63, 3.8) is 0 Å². The van der Waals surface area contributed by atoms with Crippen LogP contribution >= 0.6 is 0 Å². The first-order chi connectivity index (χ1) is 12.1. The Morgan fingerprint density at radius 1 is 1.12 bits per heavy atom. The molecular formula is C19H20N2O4. The van der Waals surface area contributed by atoms with E-state index in [1.807, 2.05) is 31.2 Å². The van der Waals surface area contributed by atoms with E-state index in [1.165, 1.54) is 4.90 Å². The molecule has 6 nitrogen and oxygen atoms in total. The lowest BCUT2D eigenvalue weighted by atomic mass is 10.2. The van der Waals surface area contributed by atoms with Gasteiger partial charge in [0.15, 0.2) is 0 Å². The van der Waals surface area contributed by atoms with Crippen LogP contribution in [-0.2, 0) is 9.59 Å². The molecule has 0 aliphatic carbocycles. The van der Waals surface area contributed by atoms with Crippen molar-refractivity contribution in [1.82, 2.24) is 0 Å². The van der Waals surface area contributed by atoms with Crippen molar-refractivity contribution in [2.45, 2.75) is 19.4 Å². The lowest BCUT2D eigenvalue weighted by Gasteiger charge is -2.17. The molecule has 6 heteroatoms. The van der Waals surface area contributed by atoms with Crippen LogP contribution in [0.5, 0.6) is 11.5 Å². The first-order valence-electron chi connectivity index (χ1n) is 8.12. The van der Waals surface area contributed by atoms with Crippen molar-refractivity contribution in [3.05, 3.63) is 48.5 Å². The minimum atomic E-state index is -0.586. The predicted molar refractivity (Wildman–Crippen MR) is 95.1 cm³/mol. The lowest BCUT2D eigenvalue weighted by Crippen LogP contribution is -2.34. The van der Waals surface area contributed by atoms with E-state index in [1.54, 1.807) is 31.4 Å². The topological polar surface area (TPSA) is 67.9 Å². The van der Waals surface area contributed by atoms with Crippen molar-refractivity contribution < 1.29 is 19.1 Å². The Kier molecular flexibility index (Phi) is 4.88. The molecule has 2 aromatic rings. The number of benzene rings is 2. The number of amides is 2. The van der Waals surface area contributed by atoms with Gasteiger partial charge in [0.2, 0.25) is 5.91 Å². The molecule has 1 aliphatic rings. The van der Waals surface area contributed by atoms with Crippen LogP contribution in [-0.4, -0.2) is 31.6 Å². The highest BCUT2D eigenvalue weighted by molar-refractivity contribution is 6.23. The third-order valence-corrected chi connectivity index (χ3v) is 3.96. The number of hydrogen-bond donors (Lipinski definition) is 1. The van der Waals surface area contributed by atoms with E-state index >= 15 is 0 Å². The number of methoxy groups -OCH3 is 1. The molecule has 1 heterocycles. The second-order valence-electron chi connectivity index (χ2n) is 5.63. The second-order valence-corrected chi connectivity index (χ2v) is 5.63. The third-order valence-electron chi connectivity index (χ3n) is 3.96. The summed E-state index contributed by atoms with van der Waals surface area (Å²) in [5.41, 5.74) is 1.28. The molecule has 0 unspecified atom stereocenters. The molecule has 1 fully saturated rings. The number of nitrogens with zero attached hydrogens (tertiary/aromatic N) is 1. The molecule has 1 atom stereocenters. The van der Waals surface area contributed by atoms with Gasteiger partial charge in [-0.2, -0.15) is 0 Å². The van der Waals surface area contributed by atoms with Crippen LogP contribution in [0.15, 0.2) is 48.5 Å². The van der Waals surface area contributed by atoms with Gasteiger partial charge in [-0.15, -0.1) is 0 Å². The van der Waals surface area contributed by atoms with Crippen LogP contribution in [0.2, 0.25) is 0 Å². The van der Waals surface area contributed by atoms with Crippen LogP contribution in [0.3, 0.4) is 0 Å². The number of rotatable bonds is 6. The Bertz CT molecular complexity index is 773. The summed E-state index contributed by atoms with van der Waals surface area (Å²) in [4.78, 5) is 26.2. The van der Waals surface area contributed by atoms with Gasteiger partial charge in [0.25, 0.3) is 5.91 Å². The summed E-state index contributed by atoms with van der Waals surface area (Å²) >= 11 is 0. The summed E-state index contributed by atoms with van der Waals surface area (Å²) in [6, 6.07) is 13.6. The van der Waals surface area contributed by atoms with Gasteiger partial charge in [0, 0.05) is 11.8 Å². The highest BCUT2D eigenvalue weighted by Gasteiger charge is 2.39. The van der Waals surface area contributed by atoms with Crippen LogP contribution in [0.25, 0.3) is 0 Å². The lowest BCUT2D eigenvalue weighted by molar-refractivity contribution is -0.121. The number of carbonyl (C=O) groups excluding carboxylic acids is 2. The smallest absolute Gasteiger partial charge is 0.256 e. The van der Waals surface area contributed by atoms with Crippen molar-refractivity contribution in [2.24, 2.45) is 0 Å². The quantitative estimate of drug-likeness (QED) is 0.819. The molecule has 3 rings (SSSR count). The van der Waals surface area contributed by atoms with Crippen LogP contribution in [0, 0.1) is 0 Å². The Morgan fingerprint density at radius 3 is 2.56 bits per heavy atom. The Hall–Kier alpha value is -3.02. The minimum absolute atomic E-state index is 0.114. The molecule has 25 heavy (non-hydrogen) atoms. The van der Waals surface area contributed by atoms with Crippen LogP contribution < -0.4 is 19.7 Å². The number of carbonyl (C=O) groups is 2. The molecule has 1 N–H and O–H groups in total. The van der Waals surface area contributed by atoms with Crippen LogP contribution in [0.4, 0.5) is 11.4 Å². The first kappa shape index (κ1) is 16.8. The zero-order valence-electron chi connectivity index (χ0n) is 14.2. The van der Waals surface area contributed by atoms with E-state index in [0.29, 0.717) is 18.0 Å². The first-order valence-corrected chi connectivity index (χ1v) is 8.12. The maximum atomic E-state index is 12.7. The zero-order valence-corrected chi connectivity index (χ0v) is 14.2. The van der Waals surface area contributed by atoms with Gasteiger partial charge in [-0.3, -0.25) is 9.59 Å². The molecule has 1 saturated heterocycles. The van der Waals surface area contributed by atoms with E-state index in [4.69, 9.17) is 9.47 Å². The number of imide groups is 1. The standard InChI is InChI=1S/C19H20N2O4/c1-3-25-15-9-7-13(8-10-15)20-17-12-18(22)21(19(17)23)14-5-4-6-16(11-14)24-2/h4-11,17,20H,3,12H2,1-2H3/t17-/m1/s1. The van der Waals surface area contributed by atoms with E-state index in [9.17, 15) is 9.59 Å². The fourth-order valence-corrected chi connectivity index (χ4v) is 2.78. The summed E-state index contributed by atoms with van der Waals surface area (Å²) in [5.74, 6) is 0.856. The van der Waals surface area contributed by atoms with Crippen molar-refractivity contribution in [1.29, 1.82) is 0 Å². The Balaban J connectivity index is 1.74. The van der Waals surface area contributed by atoms with Crippen LogP contribution in [0.1, 0.15) is 13.3 Å². The molecule has 0 bridgehead atoms. The van der Waals surface area contributed by atoms with E-state index in [2.05, 4.69) is 5.32 Å². The molecule has 1 aliphatic heterocycles. The molecule has 2 aromatic carbocycles. The highest BCUT2D eigenvalue weighted by Crippen LogP contribution is 2.28. The van der Waals surface area contributed by atoms with Gasteiger partial charge in [-0.25, -0.2) is 4.90 Å². The summed E-state index contributed by atoms with van der Waals surface area (Å²) in [6.07, 6.45) is 0.114. The molecule has 0 saturated carbocycles. The van der Waals surface area contributed by atoms with E-state index in [-0.39, 0.29) is 18.2 Å². The Morgan fingerprint density at radius 2 is 1.88 bits per heavy atom. The predicted octanol–water partition coefficient (Wildman–Crippen LogP) is 2.84. The SMILES string of the molecule is CCOc1ccc(N[C@@H]2CC(=O)N(c3cccc(OC)c3)C2=O)cc1. The molecule has 130 valence electrons. The van der Waals surface area contributed by atoms with Gasteiger partial charge >= 0.3 is 0 Å². The molecule has 2 amide bonds. The van der Waals surface area contributed by atoms with Gasteiger partial charge in [0.1, 0.15) is 17.5 Å². The molecule has 0 aromatic heterocycles. The second kappa shape index (κ2) is 7.25. The Labute approximate surface area is 146 Å². The molecule has 0 radical (unpaired) electrons. The highest BCUT2D eigenvalue weighted by atomic mass is 16.5. The largest absolute Gasteiger partial charge is 0.497 e. The molecular weight excluding hydrogens is 320 g/mol. The summed E-state index contributed by atoms with van der Waals surface area (Å²) < 4.78 is 10.6. The maximum Gasteiger partial charge on any atom is 0.256 e. The minimum Gasteiger partial charge on any atom is -0.497 e. The van der Waals surface area contributed by atoms with Crippen molar-refractivity contribution >= 4 is 23.2 Å². The van der Waals surface area contributed by atoms with Gasteiger partial charge < -0.3 is 14.8 Å². The summed E-state index contributed by atoms with van der Waals surface area (Å²) in [5, 5.41) is 3.12. The fraction of sp³-hybridized carbons (Fsp3) is 0.263. The zero-order chi connectivity index (χ0) is 17.8. The van der Waals surface area contributed by atoms with Gasteiger partial charge in [-0.1, -0.05) is 6.07 Å². The third kappa shape index (κ3) is 3.57. The molecule has 0 spiro atoms. The number of ether oxygens (including phenoxy) is 2. The number of nitrogens with one attached hydrogen (secondary N) is 1. The number of anilines is 2. The van der Waals surface area contributed by atoms with E-state index in [0.717, 1.165) is 11.4 Å².